The minimum absolute atomic E-state index is 0.119. The number of nitrogens with zero attached hydrogens (tertiary/aromatic N) is 2. The molecular weight excluding hydrogens is 252 g/mol. The minimum Gasteiger partial charge on any atom is -0.282 e. The molecule has 0 amide bonds. The maximum atomic E-state index is 11.1. The molecule has 1 aromatic carbocycles. The molecular formula is C9H5ClN2O3S. The molecule has 0 aliphatic carbocycles. The summed E-state index contributed by atoms with van der Waals surface area (Å²) in [4.78, 5) is -0.734. The van der Waals surface area contributed by atoms with E-state index in [1.807, 2.05) is 0 Å². The molecule has 0 aromatic heterocycles. The smallest absolute Gasteiger partial charge is 0.282 e. The Kier molecular flexibility index (Phi) is 3.20. The van der Waals surface area contributed by atoms with E-state index in [4.69, 9.17) is 26.7 Å². The van der Waals surface area contributed by atoms with Gasteiger partial charge in [0.05, 0.1) is 16.1 Å². The zero-order chi connectivity index (χ0) is 12.5. The Labute approximate surface area is 97.2 Å². The molecule has 7 heteroatoms. The van der Waals surface area contributed by atoms with E-state index in [1.165, 1.54) is 13.0 Å². The largest absolute Gasteiger partial charge is 0.297 e. The van der Waals surface area contributed by atoms with E-state index in [9.17, 15) is 8.42 Å². The van der Waals surface area contributed by atoms with Crippen molar-refractivity contribution < 1.29 is 13.0 Å². The highest BCUT2D eigenvalue weighted by molar-refractivity contribution is 7.86. The lowest BCUT2D eigenvalue weighted by Gasteiger charge is -2.07. The molecule has 0 heterocycles. The highest BCUT2D eigenvalue weighted by Gasteiger charge is 2.24. The summed E-state index contributed by atoms with van der Waals surface area (Å²) in [5, 5.41) is 17.4. The minimum atomic E-state index is -4.66. The summed E-state index contributed by atoms with van der Waals surface area (Å²) >= 11 is 5.66. The standard InChI is InChI=1S/C9H5ClN2O3S/c1-5-2-8(10)7(4-12)9(6(5)3-11)16(13,14)15/h2H,1H3,(H,13,14,15). The van der Waals surface area contributed by atoms with Gasteiger partial charge in [0.15, 0.2) is 0 Å². The van der Waals surface area contributed by atoms with E-state index in [0.717, 1.165) is 0 Å². The van der Waals surface area contributed by atoms with Gasteiger partial charge >= 0.3 is 0 Å². The molecule has 0 saturated heterocycles. The Hall–Kier alpha value is -1.60. The summed E-state index contributed by atoms with van der Waals surface area (Å²) in [5.74, 6) is 0. The van der Waals surface area contributed by atoms with Gasteiger partial charge in [-0.05, 0) is 18.6 Å². The number of hydrogen-bond acceptors (Lipinski definition) is 4. The van der Waals surface area contributed by atoms with Crippen molar-refractivity contribution in [2.75, 3.05) is 0 Å². The van der Waals surface area contributed by atoms with Crippen LogP contribution in [0.15, 0.2) is 11.0 Å². The van der Waals surface area contributed by atoms with Gasteiger partial charge < -0.3 is 0 Å². The first-order valence-corrected chi connectivity index (χ1v) is 5.75. The van der Waals surface area contributed by atoms with Crippen LogP contribution in [0.2, 0.25) is 5.02 Å². The molecule has 5 nitrogen and oxygen atoms in total. The predicted molar refractivity (Wildman–Crippen MR) is 55.4 cm³/mol. The fourth-order valence-electron chi connectivity index (χ4n) is 1.25. The topological polar surface area (TPSA) is 102 Å². The van der Waals surface area contributed by atoms with Crippen LogP contribution in [0.5, 0.6) is 0 Å². The van der Waals surface area contributed by atoms with Gasteiger partial charge in [0.1, 0.15) is 17.0 Å². The molecule has 16 heavy (non-hydrogen) atoms. The van der Waals surface area contributed by atoms with Crippen LogP contribution in [0.25, 0.3) is 0 Å². The summed E-state index contributed by atoms with van der Waals surface area (Å²) in [6.07, 6.45) is 0. The Balaban J connectivity index is 3.96. The molecule has 0 fully saturated rings. The summed E-state index contributed by atoms with van der Waals surface area (Å²) in [7, 11) is -4.66. The first-order chi connectivity index (χ1) is 7.32. The van der Waals surface area contributed by atoms with Gasteiger partial charge in [-0.3, -0.25) is 4.55 Å². The van der Waals surface area contributed by atoms with Crippen LogP contribution in [-0.2, 0) is 10.1 Å². The number of aryl methyl sites for hydroxylation is 1. The summed E-state index contributed by atoms with van der Waals surface area (Å²) < 4.78 is 31.2. The van der Waals surface area contributed by atoms with Gasteiger partial charge in [-0.2, -0.15) is 18.9 Å². The van der Waals surface area contributed by atoms with Gasteiger partial charge in [-0.25, -0.2) is 0 Å². The van der Waals surface area contributed by atoms with Crippen LogP contribution in [0.3, 0.4) is 0 Å². The zero-order valence-electron chi connectivity index (χ0n) is 8.02. The van der Waals surface area contributed by atoms with Gasteiger partial charge in [-0.15, -0.1) is 0 Å². The average Bonchev–Trinajstić information content (AvgIpc) is 2.15. The first kappa shape index (κ1) is 12.5. The number of halogens is 1. The number of hydrogen-bond donors (Lipinski definition) is 1. The monoisotopic (exact) mass is 256 g/mol. The average molecular weight is 257 g/mol. The molecule has 82 valence electrons. The van der Waals surface area contributed by atoms with E-state index in [2.05, 4.69) is 0 Å². The fourth-order valence-corrected chi connectivity index (χ4v) is 2.48. The normalized spacial score (nSPS) is 10.6. The lowest BCUT2D eigenvalue weighted by molar-refractivity contribution is 0.482. The molecule has 0 aliphatic heterocycles. The maximum Gasteiger partial charge on any atom is 0.297 e. The van der Waals surface area contributed by atoms with Crippen LogP contribution >= 0.6 is 11.6 Å². The van der Waals surface area contributed by atoms with Gasteiger partial charge in [0.25, 0.3) is 10.1 Å². The van der Waals surface area contributed by atoms with Crippen molar-refractivity contribution in [3.8, 4) is 12.1 Å². The van der Waals surface area contributed by atoms with E-state index in [1.54, 1.807) is 12.1 Å². The molecule has 0 aliphatic rings. The second-order valence-electron chi connectivity index (χ2n) is 2.95. The summed E-state index contributed by atoms with van der Waals surface area (Å²) in [6, 6.07) is 4.47. The Morgan fingerprint density at radius 3 is 2.19 bits per heavy atom. The third-order valence-corrected chi connectivity index (χ3v) is 3.13. The molecule has 1 N–H and O–H groups in total. The summed E-state index contributed by atoms with van der Waals surface area (Å²) in [6.45, 7) is 1.46. The Bertz CT molecular complexity index is 600. The molecule has 0 unspecified atom stereocenters. The molecule has 0 saturated carbocycles. The second-order valence-corrected chi connectivity index (χ2v) is 4.72. The van der Waals surface area contributed by atoms with E-state index in [0.29, 0.717) is 0 Å². The van der Waals surface area contributed by atoms with E-state index >= 15 is 0 Å². The van der Waals surface area contributed by atoms with Crippen LogP contribution < -0.4 is 0 Å². The number of benzene rings is 1. The van der Waals surface area contributed by atoms with Crippen LogP contribution in [0.4, 0.5) is 0 Å². The molecule has 0 atom stereocenters. The lowest BCUT2D eigenvalue weighted by Crippen LogP contribution is -2.06. The van der Waals surface area contributed by atoms with E-state index < -0.39 is 20.6 Å². The molecule has 0 radical (unpaired) electrons. The van der Waals surface area contributed by atoms with Crippen LogP contribution in [-0.4, -0.2) is 13.0 Å². The van der Waals surface area contributed by atoms with Crippen LogP contribution in [0, 0.1) is 29.6 Å². The van der Waals surface area contributed by atoms with Crippen molar-refractivity contribution in [2.24, 2.45) is 0 Å². The molecule has 0 bridgehead atoms. The van der Waals surface area contributed by atoms with Gasteiger partial charge in [0.2, 0.25) is 0 Å². The molecule has 0 spiro atoms. The van der Waals surface area contributed by atoms with Gasteiger partial charge in [0, 0.05) is 0 Å². The Morgan fingerprint density at radius 2 is 1.81 bits per heavy atom. The number of rotatable bonds is 1. The first-order valence-electron chi connectivity index (χ1n) is 3.93. The predicted octanol–water partition coefficient (Wildman–Crippen LogP) is 1.64. The van der Waals surface area contributed by atoms with Crippen molar-refractivity contribution in [2.45, 2.75) is 11.8 Å². The summed E-state index contributed by atoms with van der Waals surface area (Å²) in [5.41, 5.74) is -0.422. The zero-order valence-corrected chi connectivity index (χ0v) is 9.59. The third-order valence-electron chi connectivity index (χ3n) is 1.91. The highest BCUT2D eigenvalue weighted by atomic mass is 35.5. The highest BCUT2D eigenvalue weighted by Crippen LogP contribution is 2.29. The van der Waals surface area contributed by atoms with Crippen LogP contribution in [0.1, 0.15) is 16.7 Å². The second kappa shape index (κ2) is 4.11. The lowest BCUT2D eigenvalue weighted by atomic mass is 10.1. The van der Waals surface area contributed by atoms with Crippen molar-refractivity contribution in [3.05, 3.63) is 27.8 Å². The van der Waals surface area contributed by atoms with Crippen molar-refractivity contribution in [1.29, 1.82) is 10.5 Å². The van der Waals surface area contributed by atoms with Crippen molar-refractivity contribution >= 4 is 21.7 Å². The fraction of sp³-hybridized carbons (Fsp3) is 0.111. The maximum absolute atomic E-state index is 11.1. The van der Waals surface area contributed by atoms with Gasteiger partial charge in [-0.1, -0.05) is 11.6 Å². The molecule has 1 aromatic rings. The quantitative estimate of drug-likeness (QED) is 0.770. The van der Waals surface area contributed by atoms with E-state index in [-0.39, 0.29) is 16.1 Å². The number of nitriles is 2. The van der Waals surface area contributed by atoms with Crippen molar-refractivity contribution in [3.63, 3.8) is 0 Å². The SMILES string of the molecule is Cc1cc(Cl)c(C#N)c(S(=O)(=O)O)c1C#N. The van der Waals surface area contributed by atoms with Crippen molar-refractivity contribution in [1.82, 2.24) is 0 Å². The third kappa shape index (κ3) is 2.00. The molecule has 1 rings (SSSR count). The Morgan fingerprint density at radius 1 is 1.31 bits per heavy atom.